The van der Waals surface area contributed by atoms with Gasteiger partial charge in [0.25, 0.3) is 0 Å². The van der Waals surface area contributed by atoms with Crippen molar-refractivity contribution in [3.8, 4) is 6.07 Å². The Morgan fingerprint density at radius 1 is 1.50 bits per heavy atom. The number of nitriles is 1. The molecule has 0 aliphatic carbocycles. The minimum absolute atomic E-state index is 0.505. The third kappa shape index (κ3) is 2.41. The number of nitrogens with one attached hydrogen (secondary N) is 1. The molecule has 1 aromatic heterocycles. The molecular formula is C11H8BrN3O. The summed E-state index contributed by atoms with van der Waals surface area (Å²) in [6.07, 6.45) is 3.01. The van der Waals surface area contributed by atoms with Crippen LogP contribution in [0.4, 0.5) is 5.69 Å². The Morgan fingerprint density at radius 2 is 2.38 bits per heavy atom. The molecule has 5 heteroatoms. The Morgan fingerprint density at radius 3 is 3.06 bits per heavy atom. The number of hydrogen-bond donors (Lipinski definition) is 1. The maximum Gasteiger partial charge on any atom is 0.180 e. The number of aromatic nitrogens is 1. The molecule has 1 N–H and O–H groups in total. The van der Waals surface area contributed by atoms with Crippen molar-refractivity contribution in [2.45, 2.75) is 6.54 Å². The lowest BCUT2D eigenvalue weighted by molar-refractivity contribution is 0.511. The first-order chi connectivity index (χ1) is 7.79. The van der Waals surface area contributed by atoms with Crippen LogP contribution in [0.25, 0.3) is 0 Å². The summed E-state index contributed by atoms with van der Waals surface area (Å²) >= 11 is 3.36. The lowest BCUT2D eigenvalue weighted by Crippen LogP contribution is -2.00. The minimum atomic E-state index is 0.505. The highest BCUT2D eigenvalue weighted by molar-refractivity contribution is 9.10. The molecular weight excluding hydrogens is 270 g/mol. The second-order valence-electron chi connectivity index (χ2n) is 3.12. The number of rotatable bonds is 3. The van der Waals surface area contributed by atoms with Gasteiger partial charge in [-0.05, 0) is 18.2 Å². The highest BCUT2D eigenvalue weighted by Crippen LogP contribution is 2.21. The Balaban J connectivity index is 2.15. The number of halogens is 1. The normalized spacial score (nSPS) is 9.75. The molecule has 0 radical (unpaired) electrons. The number of benzene rings is 1. The molecule has 0 aliphatic rings. The van der Waals surface area contributed by atoms with Crippen LogP contribution in [0, 0.1) is 11.3 Å². The van der Waals surface area contributed by atoms with E-state index < -0.39 is 0 Å². The van der Waals surface area contributed by atoms with Crippen molar-refractivity contribution in [2.24, 2.45) is 0 Å². The molecule has 80 valence electrons. The van der Waals surface area contributed by atoms with Crippen LogP contribution in [0.5, 0.6) is 0 Å². The number of anilines is 1. The number of hydrogen-bond acceptors (Lipinski definition) is 4. The van der Waals surface area contributed by atoms with Gasteiger partial charge in [0.1, 0.15) is 11.8 Å². The molecule has 0 spiro atoms. The summed E-state index contributed by atoms with van der Waals surface area (Å²) < 4.78 is 6.01. The van der Waals surface area contributed by atoms with Crippen LogP contribution in [0.3, 0.4) is 0 Å². The molecule has 1 heterocycles. The zero-order valence-corrected chi connectivity index (χ0v) is 9.86. The van der Waals surface area contributed by atoms with E-state index >= 15 is 0 Å². The van der Waals surface area contributed by atoms with Gasteiger partial charge in [0, 0.05) is 4.47 Å². The Labute approximate surface area is 101 Å². The highest BCUT2D eigenvalue weighted by atomic mass is 79.9. The Hall–Kier alpha value is -1.80. The van der Waals surface area contributed by atoms with Gasteiger partial charge in [0.05, 0.1) is 24.0 Å². The van der Waals surface area contributed by atoms with E-state index in [-0.39, 0.29) is 0 Å². The SMILES string of the molecule is N#Cc1ccc(Br)cc1NCc1cnco1. The highest BCUT2D eigenvalue weighted by Gasteiger charge is 2.03. The third-order valence-corrected chi connectivity index (χ3v) is 2.53. The molecule has 0 amide bonds. The van der Waals surface area contributed by atoms with Crippen molar-refractivity contribution in [1.29, 1.82) is 5.26 Å². The first-order valence-corrected chi connectivity index (χ1v) is 5.40. The van der Waals surface area contributed by atoms with E-state index in [4.69, 9.17) is 9.68 Å². The van der Waals surface area contributed by atoms with Crippen LogP contribution in [-0.2, 0) is 6.54 Å². The summed E-state index contributed by atoms with van der Waals surface area (Å²) in [6, 6.07) is 7.57. The summed E-state index contributed by atoms with van der Waals surface area (Å²) in [5, 5.41) is 12.0. The predicted molar refractivity (Wildman–Crippen MR) is 62.7 cm³/mol. The molecule has 2 aromatic rings. The van der Waals surface area contributed by atoms with Crippen molar-refractivity contribution in [3.63, 3.8) is 0 Å². The molecule has 0 unspecified atom stereocenters. The monoisotopic (exact) mass is 277 g/mol. The van der Waals surface area contributed by atoms with Gasteiger partial charge in [0.15, 0.2) is 6.39 Å². The van der Waals surface area contributed by atoms with Crippen molar-refractivity contribution in [3.05, 3.63) is 46.6 Å². The van der Waals surface area contributed by atoms with E-state index in [1.807, 2.05) is 12.1 Å². The van der Waals surface area contributed by atoms with E-state index in [0.717, 1.165) is 15.9 Å². The van der Waals surface area contributed by atoms with Crippen molar-refractivity contribution in [1.82, 2.24) is 4.98 Å². The van der Waals surface area contributed by atoms with Gasteiger partial charge in [-0.2, -0.15) is 5.26 Å². The fourth-order valence-electron chi connectivity index (χ4n) is 1.27. The average Bonchev–Trinajstić information content (AvgIpc) is 2.79. The molecule has 1 aromatic carbocycles. The van der Waals surface area contributed by atoms with Crippen LogP contribution in [0.2, 0.25) is 0 Å². The lowest BCUT2D eigenvalue weighted by atomic mass is 10.2. The Bertz CT molecular complexity index is 517. The van der Waals surface area contributed by atoms with E-state index in [0.29, 0.717) is 12.1 Å². The van der Waals surface area contributed by atoms with E-state index in [9.17, 15) is 0 Å². The topological polar surface area (TPSA) is 61.9 Å². The molecule has 0 bridgehead atoms. The third-order valence-electron chi connectivity index (χ3n) is 2.04. The molecule has 0 fully saturated rings. The second kappa shape index (κ2) is 4.81. The summed E-state index contributed by atoms with van der Waals surface area (Å²) in [5.74, 6) is 0.726. The summed E-state index contributed by atoms with van der Waals surface area (Å²) in [4.78, 5) is 3.81. The first kappa shape index (κ1) is 10.7. The number of nitrogens with zero attached hydrogens (tertiary/aromatic N) is 2. The summed E-state index contributed by atoms with van der Waals surface area (Å²) in [7, 11) is 0. The van der Waals surface area contributed by atoms with Gasteiger partial charge in [0.2, 0.25) is 0 Å². The van der Waals surface area contributed by atoms with E-state index in [1.54, 1.807) is 12.3 Å². The van der Waals surface area contributed by atoms with Gasteiger partial charge in [-0.3, -0.25) is 0 Å². The molecule has 16 heavy (non-hydrogen) atoms. The molecule has 2 rings (SSSR count). The molecule has 4 nitrogen and oxygen atoms in total. The van der Waals surface area contributed by atoms with Crippen LogP contribution >= 0.6 is 15.9 Å². The van der Waals surface area contributed by atoms with Gasteiger partial charge >= 0.3 is 0 Å². The predicted octanol–water partition coefficient (Wildman–Crippen LogP) is 2.92. The number of oxazole rings is 1. The summed E-state index contributed by atoms with van der Waals surface area (Å²) in [6.45, 7) is 0.505. The summed E-state index contributed by atoms with van der Waals surface area (Å²) in [5.41, 5.74) is 1.37. The zero-order valence-electron chi connectivity index (χ0n) is 8.27. The molecule has 0 saturated heterocycles. The fraction of sp³-hybridized carbons (Fsp3) is 0.0909. The van der Waals surface area contributed by atoms with E-state index in [1.165, 1.54) is 6.39 Å². The maximum atomic E-state index is 8.93. The van der Waals surface area contributed by atoms with Crippen molar-refractivity contribution >= 4 is 21.6 Å². The van der Waals surface area contributed by atoms with Crippen LogP contribution in [0.15, 0.2) is 39.7 Å². The average molecular weight is 278 g/mol. The second-order valence-corrected chi connectivity index (χ2v) is 4.04. The van der Waals surface area contributed by atoms with Crippen LogP contribution < -0.4 is 5.32 Å². The molecule has 0 aliphatic heterocycles. The molecule has 0 atom stereocenters. The smallest absolute Gasteiger partial charge is 0.180 e. The van der Waals surface area contributed by atoms with E-state index in [2.05, 4.69) is 32.3 Å². The van der Waals surface area contributed by atoms with Gasteiger partial charge < -0.3 is 9.73 Å². The largest absolute Gasteiger partial charge is 0.447 e. The Kier molecular flexibility index (Phi) is 3.22. The lowest BCUT2D eigenvalue weighted by Gasteiger charge is -2.06. The first-order valence-electron chi connectivity index (χ1n) is 4.60. The molecule has 0 saturated carbocycles. The quantitative estimate of drug-likeness (QED) is 0.937. The maximum absolute atomic E-state index is 8.93. The fourth-order valence-corrected chi connectivity index (χ4v) is 1.63. The standard InChI is InChI=1S/C11H8BrN3O/c12-9-2-1-8(4-13)11(3-9)15-6-10-5-14-7-16-10/h1-3,5,7,15H,6H2. The van der Waals surface area contributed by atoms with Gasteiger partial charge in [-0.15, -0.1) is 0 Å². The van der Waals surface area contributed by atoms with Gasteiger partial charge in [-0.25, -0.2) is 4.98 Å². The van der Waals surface area contributed by atoms with Crippen molar-refractivity contribution < 1.29 is 4.42 Å². The zero-order chi connectivity index (χ0) is 11.4. The van der Waals surface area contributed by atoms with Gasteiger partial charge in [-0.1, -0.05) is 15.9 Å². The van der Waals surface area contributed by atoms with Crippen LogP contribution in [0.1, 0.15) is 11.3 Å². The minimum Gasteiger partial charge on any atom is -0.447 e. The van der Waals surface area contributed by atoms with Crippen LogP contribution in [-0.4, -0.2) is 4.98 Å². The van der Waals surface area contributed by atoms with Crippen molar-refractivity contribution in [2.75, 3.05) is 5.32 Å².